The Labute approximate surface area is 223 Å². The van der Waals surface area contributed by atoms with Gasteiger partial charge in [0.25, 0.3) is 0 Å². The molecule has 0 radical (unpaired) electrons. The molecule has 2 heterocycles. The van der Waals surface area contributed by atoms with Gasteiger partial charge >= 0.3 is 0 Å². The van der Waals surface area contributed by atoms with Gasteiger partial charge in [0.15, 0.2) is 5.11 Å². The molecule has 0 bridgehead atoms. The zero-order chi connectivity index (χ0) is 25.7. The van der Waals surface area contributed by atoms with Crippen LogP contribution in [-0.2, 0) is 5.41 Å². The standard InChI is InChI=1S/C29H34FN5OS/c1-21-8-7-17-35(19-21)25-18-26(36-24-9-3-2-4-10-24)33-27(32-25)34-28(37)31-20-29(15-5-6-16-29)22-11-13-23(30)14-12-22/h2-4,9-14,18,21H,5-8,15-17,19-20H2,1H3,(H2,31,32,33,34,37). The summed E-state index contributed by atoms with van der Waals surface area (Å²) in [6, 6.07) is 18.4. The second-order valence-electron chi connectivity index (χ2n) is 10.3. The van der Waals surface area contributed by atoms with Gasteiger partial charge in [-0.1, -0.05) is 50.1 Å². The molecule has 5 rings (SSSR count). The first-order valence-corrected chi connectivity index (χ1v) is 13.6. The number of thiocarbonyl (C=S) groups is 1. The summed E-state index contributed by atoms with van der Waals surface area (Å²) < 4.78 is 19.6. The Balaban J connectivity index is 1.32. The maximum Gasteiger partial charge on any atom is 0.234 e. The van der Waals surface area contributed by atoms with E-state index in [1.807, 2.05) is 48.5 Å². The highest BCUT2D eigenvalue weighted by Crippen LogP contribution is 2.40. The summed E-state index contributed by atoms with van der Waals surface area (Å²) in [6.07, 6.45) is 6.75. The van der Waals surface area contributed by atoms with Gasteiger partial charge in [-0.15, -0.1) is 0 Å². The van der Waals surface area contributed by atoms with Gasteiger partial charge in [0.2, 0.25) is 11.8 Å². The second kappa shape index (κ2) is 11.4. The molecule has 0 spiro atoms. The van der Waals surface area contributed by atoms with Crippen LogP contribution < -0.4 is 20.3 Å². The SMILES string of the molecule is CC1CCCN(c2cc(Oc3ccccc3)nc(NC(=S)NCC3(c4ccc(F)cc4)CCCC3)n2)C1. The first kappa shape index (κ1) is 25.4. The van der Waals surface area contributed by atoms with Crippen molar-refractivity contribution in [1.29, 1.82) is 0 Å². The minimum atomic E-state index is -0.212. The molecule has 37 heavy (non-hydrogen) atoms. The maximum atomic E-state index is 13.5. The molecule has 2 aromatic carbocycles. The van der Waals surface area contributed by atoms with Gasteiger partial charge in [-0.2, -0.15) is 9.97 Å². The highest BCUT2D eigenvalue weighted by atomic mass is 32.1. The number of hydrogen-bond acceptors (Lipinski definition) is 5. The van der Waals surface area contributed by atoms with Crippen LogP contribution >= 0.6 is 12.2 Å². The molecule has 2 N–H and O–H groups in total. The predicted octanol–water partition coefficient (Wildman–Crippen LogP) is 6.44. The number of aromatic nitrogens is 2. The quantitative estimate of drug-likeness (QED) is 0.348. The summed E-state index contributed by atoms with van der Waals surface area (Å²) in [6.45, 7) is 4.84. The van der Waals surface area contributed by atoms with Crippen LogP contribution in [0.25, 0.3) is 0 Å². The Morgan fingerprint density at radius 3 is 2.57 bits per heavy atom. The molecule has 3 aromatic rings. The van der Waals surface area contributed by atoms with Gasteiger partial charge in [0, 0.05) is 31.1 Å². The Hall–Kier alpha value is -3.26. The highest BCUT2D eigenvalue weighted by molar-refractivity contribution is 7.80. The zero-order valence-electron chi connectivity index (χ0n) is 21.3. The molecule has 1 atom stereocenters. The Bertz CT molecular complexity index is 1200. The van der Waals surface area contributed by atoms with Crippen molar-refractivity contribution in [3.63, 3.8) is 0 Å². The largest absolute Gasteiger partial charge is 0.439 e. The van der Waals surface area contributed by atoms with E-state index in [9.17, 15) is 4.39 Å². The van der Waals surface area contributed by atoms with Crippen molar-refractivity contribution in [1.82, 2.24) is 15.3 Å². The van der Waals surface area contributed by atoms with Crippen LogP contribution in [0.3, 0.4) is 0 Å². The summed E-state index contributed by atoms with van der Waals surface area (Å²) in [5.74, 6) is 2.82. The first-order valence-electron chi connectivity index (χ1n) is 13.2. The number of hydrogen-bond donors (Lipinski definition) is 2. The average molecular weight is 520 g/mol. The fraction of sp³-hybridized carbons (Fsp3) is 0.414. The Kier molecular flexibility index (Phi) is 7.84. The third kappa shape index (κ3) is 6.36. The van der Waals surface area contributed by atoms with Gasteiger partial charge in [-0.3, -0.25) is 0 Å². The predicted molar refractivity (Wildman–Crippen MR) is 150 cm³/mol. The molecule has 1 aromatic heterocycles. The van der Waals surface area contributed by atoms with Crippen LogP contribution in [0.1, 0.15) is 51.0 Å². The van der Waals surface area contributed by atoms with E-state index in [-0.39, 0.29) is 11.2 Å². The number of ether oxygens (including phenoxy) is 1. The monoisotopic (exact) mass is 519 g/mol. The highest BCUT2D eigenvalue weighted by Gasteiger charge is 2.35. The molecule has 1 aliphatic heterocycles. The fourth-order valence-corrected chi connectivity index (χ4v) is 5.67. The van der Waals surface area contributed by atoms with Gasteiger partial charge in [-0.25, -0.2) is 4.39 Å². The van der Waals surface area contributed by atoms with Gasteiger partial charge in [0.1, 0.15) is 17.4 Å². The van der Waals surface area contributed by atoms with Crippen LogP contribution in [-0.4, -0.2) is 34.7 Å². The smallest absolute Gasteiger partial charge is 0.234 e. The number of rotatable bonds is 7. The van der Waals surface area contributed by atoms with E-state index in [1.54, 1.807) is 12.1 Å². The first-order chi connectivity index (χ1) is 18.0. The second-order valence-corrected chi connectivity index (χ2v) is 10.7. The van der Waals surface area contributed by atoms with E-state index < -0.39 is 0 Å². The van der Waals surface area contributed by atoms with Crippen LogP contribution in [0.5, 0.6) is 11.6 Å². The van der Waals surface area contributed by atoms with Crippen molar-refractivity contribution >= 4 is 29.1 Å². The van der Waals surface area contributed by atoms with Crippen molar-refractivity contribution in [2.24, 2.45) is 5.92 Å². The molecule has 1 aliphatic carbocycles. The van der Waals surface area contributed by atoms with Crippen LogP contribution in [0.15, 0.2) is 60.7 Å². The lowest BCUT2D eigenvalue weighted by atomic mass is 9.79. The lowest BCUT2D eigenvalue weighted by Crippen LogP contribution is -2.41. The third-order valence-electron chi connectivity index (χ3n) is 7.47. The Morgan fingerprint density at radius 2 is 1.84 bits per heavy atom. The molecule has 6 nitrogen and oxygen atoms in total. The number of anilines is 2. The van der Waals surface area contributed by atoms with Crippen molar-refractivity contribution in [2.75, 3.05) is 29.9 Å². The van der Waals surface area contributed by atoms with Crippen molar-refractivity contribution in [3.05, 3.63) is 72.0 Å². The van der Waals surface area contributed by atoms with Crippen LogP contribution in [0, 0.1) is 11.7 Å². The van der Waals surface area contributed by atoms with Gasteiger partial charge in [0.05, 0.1) is 0 Å². The number of nitrogens with zero attached hydrogens (tertiary/aromatic N) is 3. The minimum Gasteiger partial charge on any atom is -0.439 e. The maximum absolute atomic E-state index is 13.5. The zero-order valence-corrected chi connectivity index (χ0v) is 22.1. The lowest BCUT2D eigenvalue weighted by molar-refractivity contribution is 0.434. The lowest BCUT2D eigenvalue weighted by Gasteiger charge is -2.32. The van der Waals surface area contributed by atoms with E-state index in [2.05, 4.69) is 27.4 Å². The molecule has 194 valence electrons. The van der Waals surface area contributed by atoms with Crippen molar-refractivity contribution in [3.8, 4) is 11.6 Å². The van der Waals surface area contributed by atoms with E-state index in [4.69, 9.17) is 21.9 Å². The van der Waals surface area contributed by atoms with Gasteiger partial charge in [-0.05, 0) is 73.6 Å². The summed E-state index contributed by atoms with van der Waals surface area (Å²) in [7, 11) is 0. The van der Waals surface area contributed by atoms with Crippen molar-refractivity contribution < 1.29 is 9.13 Å². The molecule has 0 amide bonds. The molecular weight excluding hydrogens is 485 g/mol. The molecule has 8 heteroatoms. The third-order valence-corrected chi connectivity index (χ3v) is 7.71. The molecule has 1 saturated heterocycles. The number of nitrogens with one attached hydrogen (secondary N) is 2. The summed E-state index contributed by atoms with van der Waals surface area (Å²) >= 11 is 5.67. The average Bonchev–Trinajstić information content (AvgIpc) is 3.39. The molecule has 2 aliphatic rings. The number of piperidine rings is 1. The normalized spacial score (nSPS) is 18.9. The van der Waals surface area contributed by atoms with Crippen LogP contribution in [0.4, 0.5) is 16.2 Å². The van der Waals surface area contributed by atoms with Crippen LogP contribution in [0.2, 0.25) is 0 Å². The summed E-state index contributed by atoms with van der Waals surface area (Å²) in [5, 5.41) is 7.05. The minimum absolute atomic E-state index is 0.0618. The molecular formula is C29H34FN5OS. The van der Waals surface area contributed by atoms with E-state index in [0.717, 1.165) is 56.6 Å². The summed E-state index contributed by atoms with van der Waals surface area (Å²) in [5.41, 5.74) is 1.09. The van der Waals surface area contributed by atoms with E-state index >= 15 is 0 Å². The number of halogens is 1. The Morgan fingerprint density at radius 1 is 1.08 bits per heavy atom. The van der Waals surface area contributed by atoms with Gasteiger partial charge < -0.3 is 20.3 Å². The summed E-state index contributed by atoms with van der Waals surface area (Å²) in [4.78, 5) is 11.7. The van der Waals surface area contributed by atoms with E-state index in [0.29, 0.717) is 35.2 Å². The molecule has 2 fully saturated rings. The van der Waals surface area contributed by atoms with E-state index in [1.165, 1.54) is 6.42 Å². The molecule has 1 saturated carbocycles. The topological polar surface area (TPSA) is 62.3 Å². The fourth-order valence-electron chi connectivity index (χ4n) is 5.51. The number of benzene rings is 2. The number of para-hydroxylation sites is 1. The van der Waals surface area contributed by atoms with Crippen molar-refractivity contribution in [2.45, 2.75) is 50.9 Å². The molecule has 1 unspecified atom stereocenters.